The van der Waals surface area contributed by atoms with Gasteiger partial charge >= 0.3 is 0 Å². The molecule has 0 aromatic heterocycles. The molecule has 1 aliphatic heterocycles. The van der Waals surface area contributed by atoms with Gasteiger partial charge in [-0.25, -0.2) is 0 Å². The van der Waals surface area contributed by atoms with Crippen molar-refractivity contribution in [1.29, 1.82) is 0 Å². The van der Waals surface area contributed by atoms with Gasteiger partial charge in [0.05, 0.1) is 18.7 Å². The van der Waals surface area contributed by atoms with Gasteiger partial charge in [-0.1, -0.05) is 6.07 Å². The van der Waals surface area contributed by atoms with Crippen LogP contribution in [0, 0.1) is 13.8 Å². The topological polar surface area (TPSA) is 29.5 Å². The van der Waals surface area contributed by atoms with E-state index in [4.69, 9.17) is 4.74 Å². The van der Waals surface area contributed by atoms with Crippen LogP contribution in [0.5, 0.6) is 5.75 Å². The molecule has 0 saturated carbocycles. The number of rotatable bonds is 3. The molecule has 1 aromatic rings. The molecule has 1 heterocycles. The second-order valence-electron chi connectivity index (χ2n) is 5.09. The smallest absolute Gasteiger partial charge is 0.184 e. The zero-order valence-electron chi connectivity index (χ0n) is 12.0. The summed E-state index contributed by atoms with van der Waals surface area (Å²) in [6.07, 6.45) is 0. The minimum absolute atomic E-state index is 0.0333. The number of hydrogen-bond acceptors (Lipinski definition) is 4. The van der Waals surface area contributed by atoms with E-state index >= 15 is 0 Å². The van der Waals surface area contributed by atoms with Crippen molar-refractivity contribution in [3.63, 3.8) is 0 Å². The summed E-state index contributed by atoms with van der Waals surface area (Å²) < 4.78 is 5.41. The number of methoxy groups -OCH3 is 1. The highest BCUT2D eigenvalue weighted by Crippen LogP contribution is 2.28. The minimum atomic E-state index is -0.0333. The highest BCUT2D eigenvalue weighted by Gasteiger charge is 2.30. The van der Waals surface area contributed by atoms with Crippen LogP contribution in [-0.4, -0.2) is 48.9 Å². The van der Waals surface area contributed by atoms with Gasteiger partial charge in [0.25, 0.3) is 0 Å². The lowest BCUT2D eigenvalue weighted by Crippen LogP contribution is -2.45. The first-order valence-electron chi connectivity index (χ1n) is 6.52. The van der Waals surface area contributed by atoms with Crippen LogP contribution in [0.4, 0.5) is 0 Å². The molecule has 0 spiro atoms. The van der Waals surface area contributed by atoms with Crippen LogP contribution in [0.15, 0.2) is 12.1 Å². The van der Waals surface area contributed by atoms with Crippen LogP contribution in [0.2, 0.25) is 0 Å². The summed E-state index contributed by atoms with van der Waals surface area (Å²) in [7, 11) is 3.66. The molecule has 1 aliphatic rings. The Morgan fingerprint density at radius 1 is 1.42 bits per heavy atom. The van der Waals surface area contributed by atoms with Gasteiger partial charge in [0.1, 0.15) is 5.75 Å². The molecule has 1 saturated heterocycles. The second kappa shape index (κ2) is 5.97. The summed E-state index contributed by atoms with van der Waals surface area (Å²) in [5.74, 6) is 2.85. The third-order valence-electron chi connectivity index (χ3n) is 3.61. The molecule has 1 aromatic carbocycles. The molecule has 0 amide bonds. The van der Waals surface area contributed by atoms with E-state index in [1.165, 1.54) is 0 Å². The van der Waals surface area contributed by atoms with Crippen LogP contribution in [0.1, 0.15) is 21.5 Å². The highest BCUT2D eigenvalue weighted by atomic mass is 32.2. The molecule has 1 unspecified atom stereocenters. The number of hydrogen-bond donors (Lipinski definition) is 0. The van der Waals surface area contributed by atoms with E-state index in [1.54, 1.807) is 7.11 Å². The van der Waals surface area contributed by atoms with Crippen molar-refractivity contribution in [2.75, 3.05) is 32.2 Å². The predicted molar refractivity (Wildman–Crippen MR) is 80.5 cm³/mol. The summed E-state index contributed by atoms with van der Waals surface area (Å²) in [6, 6.07) is 3.95. The van der Waals surface area contributed by atoms with Crippen molar-refractivity contribution in [3.8, 4) is 5.75 Å². The molecule has 19 heavy (non-hydrogen) atoms. The Labute approximate surface area is 119 Å². The van der Waals surface area contributed by atoms with Crippen LogP contribution in [0.25, 0.3) is 0 Å². The number of thioether (sulfide) groups is 1. The second-order valence-corrected chi connectivity index (χ2v) is 6.24. The number of carbonyl (C=O) groups excluding carboxylic acids is 1. The Balaban J connectivity index is 2.37. The number of ketones is 1. The number of ether oxygens (including phenoxy) is 1. The van der Waals surface area contributed by atoms with Gasteiger partial charge in [-0.2, -0.15) is 11.8 Å². The van der Waals surface area contributed by atoms with E-state index in [-0.39, 0.29) is 11.8 Å². The third-order valence-corrected chi connectivity index (χ3v) is 4.63. The average Bonchev–Trinajstić information content (AvgIpc) is 2.37. The Kier molecular flexibility index (Phi) is 4.53. The zero-order valence-corrected chi connectivity index (χ0v) is 12.8. The van der Waals surface area contributed by atoms with Crippen LogP contribution in [0.3, 0.4) is 0 Å². The number of aryl methyl sites for hydroxylation is 2. The Hall–Kier alpha value is -1.00. The molecule has 0 aliphatic carbocycles. The van der Waals surface area contributed by atoms with E-state index in [0.29, 0.717) is 5.75 Å². The molecule has 0 radical (unpaired) electrons. The molecule has 0 bridgehead atoms. The Morgan fingerprint density at radius 3 is 2.79 bits per heavy atom. The van der Waals surface area contributed by atoms with E-state index in [9.17, 15) is 4.79 Å². The zero-order chi connectivity index (χ0) is 14.0. The number of likely N-dealkylation sites (N-methyl/N-ethyl adjacent to an activating group) is 1. The number of nitrogens with zero attached hydrogens (tertiary/aromatic N) is 1. The van der Waals surface area contributed by atoms with Crippen molar-refractivity contribution in [2.24, 2.45) is 0 Å². The monoisotopic (exact) mass is 279 g/mol. The first-order chi connectivity index (χ1) is 9.04. The van der Waals surface area contributed by atoms with Crippen molar-refractivity contribution >= 4 is 17.5 Å². The van der Waals surface area contributed by atoms with E-state index in [0.717, 1.165) is 34.7 Å². The Bertz CT molecular complexity index is 487. The SMILES string of the molecule is COc1cc(C)cc(C)c1C(=O)C1CSCCN1C. The lowest BCUT2D eigenvalue weighted by molar-refractivity contribution is 0.0870. The molecular formula is C15H21NO2S. The quantitative estimate of drug-likeness (QED) is 0.795. The van der Waals surface area contributed by atoms with Gasteiger partial charge in [-0.05, 0) is 38.1 Å². The molecule has 1 atom stereocenters. The lowest BCUT2D eigenvalue weighted by atomic mass is 9.96. The average molecular weight is 279 g/mol. The minimum Gasteiger partial charge on any atom is -0.496 e. The first-order valence-corrected chi connectivity index (χ1v) is 7.67. The van der Waals surface area contributed by atoms with Crippen LogP contribution >= 0.6 is 11.8 Å². The lowest BCUT2D eigenvalue weighted by Gasteiger charge is -2.31. The fraction of sp³-hybridized carbons (Fsp3) is 0.533. The van der Waals surface area contributed by atoms with Crippen molar-refractivity contribution in [2.45, 2.75) is 19.9 Å². The number of benzene rings is 1. The van der Waals surface area contributed by atoms with Crippen LogP contribution in [-0.2, 0) is 0 Å². The molecular weight excluding hydrogens is 258 g/mol. The fourth-order valence-electron chi connectivity index (χ4n) is 2.53. The van der Waals surface area contributed by atoms with E-state index in [2.05, 4.69) is 4.90 Å². The maximum atomic E-state index is 12.8. The van der Waals surface area contributed by atoms with Crippen molar-refractivity contribution in [1.82, 2.24) is 4.90 Å². The third kappa shape index (κ3) is 2.95. The summed E-state index contributed by atoms with van der Waals surface area (Å²) in [5, 5.41) is 0. The standard InChI is InChI=1S/C15H21NO2S/c1-10-7-11(2)14(13(8-10)18-4)15(17)12-9-19-6-5-16(12)3/h7-8,12H,5-6,9H2,1-4H3. The van der Waals surface area contributed by atoms with Gasteiger partial charge in [-0.3, -0.25) is 9.69 Å². The maximum absolute atomic E-state index is 12.8. The molecule has 104 valence electrons. The van der Waals surface area contributed by atoms with Gasteiger partial charge in [0.2, 0.25) is 0 Å². The van der Waals surface area contributed by atoms with E-state index < -0.39 is 0 Å². The van der Waals surface area contributed by atoms with Crippen molar-refractivity contribution in [3.05, 3.63) is 28.8 Å². The summed E-state index contributed by atoms with van der Waals surface area (Å²) in [4.78, 5) is 14.9. The predicted octanol–water partition coefficient (Wildman–Crippen LogP) is 2.54. The van der Waals surface area contributed by atoms with Gasteiger partial charge in [-0.15, -0.1) is 0 Å². The summed E-state index contributed by atoms with van der Waals surface area (Å²) >= 11 is 1.85. The fourth-order valence-corrected chi connectivity index (χ4v) is 3.75. The van der Waals surface area contributed by atoms with Gasteiger partial charge in [0, 0.05) is 18.1 Å². The summed E-state index contributed by atoms with van der Waals surface area (Å²) in [6.45, 7) is 4.97. The molecule has 0 N–H and O–H groups in total. The maximum Gasteiger partial charge on any atom is 0.184 e. The molecule has 3 nitrogen and oxygen atoms in total. The van der Waals surface area contributed by atoms with Gasteiger partial charge < -0.3 is 4.74 Å². The van der Waals surface area contributed by atoms with Crippen molar-refractivity contribution < 1.29 is 9.53 Å². The highest BCUT2D eigenvalue weighted by molar-refractivity contribution is 7.99. The van der Waals surface area contributed by atoms with Crippen LogP contribution < -0.4 is 4.74 Å². The first kappa shape index (κ1) is 14.4. The molecule has 2 rings (SSSR count). The number of Topliss-reactive ketones (excluding diaryl/α,β-unsaturated/α-hetero) is 1. The number of carbonyl (C=O) groups is 1. The molecule has 4 heteroatoms. The normalized spacial score (nSPS) is 20.3. The van der Waals surface area contributed by atoms with E-state index in [1.807, 2.05) is 44.8 Å². The largest absolute Gasteiger partial charge is 0.496 e. The summed E-state index contributed by atoms with van der Waals surface area (Å²) in [5.41, 5.74) is 2.87. The van der Waals surface area contributed by atoms with Gasteiger partial charge in [0.15, 0.2) is 5.78 Å². The Morgan fingerprint density at radius 2 is 2.16 bits per heavy atom. The molecule has 1 fully saturated rings.